The first-order valence-electron chi connectivity index (χ1n) is 7.18. The first-order valence-corrected chi connectivity index (χ1v) is 8.06. The molecular formula is C15H15N2O6S-. The van der Waals surface area contributed by atoms with Gasteiger partial charge in [-0.3, -0.25) is 14.5 Å². The molecule has 2 amide bonds. The number of carbonyl (C=O) groups is 4. The van der Waals surface area contributed by atoms with Crippen LogP contribution >= 0.6 is 11.8 Å². The summed E-state index contributed by atoms with van der Waals surface area (Å²) in [5.41, 5.74) is 0.919. The maximum Gasteiger partial charge on any atom is 0.338 e. The second-order valence-corrected chi connectivity index (χ2v) is 5.87. The van der Waals surface area contributed by atoms with Gasteiger partial charge in [-0.2, -0.15) is 0 Å². The van der Waals surface area contributed by atoms with E-state index >= 15 is 0 Å². The molecule has 1 aromatic carbocycles. The molecule has 0 saturated carbocycles. The van der Waals surface area contributed by atoms with Crippen molar-refractivity contribution in [2.45, 2.75) is 18.7 Å². The van der Waals surface area contributed by atoms with E-state index in [1.807, 2.05) is 0 Å². The lowest BCUT2D eigenvalue weighted by molar-refractivity contribution is -0.305. The van der Waals surface area contributed by atoms with Crippen LogP contribution in [0.1, 0.15) is 23.7 Å². The molecule has 8 nitrogen and oxygen atoms in total. The van der Waals surface area contributed by atoms with Crippen molar-refractivity contribution < 1.29 is 29.0 Å². The van der Waals surface area contributed by atoms with Crippen molar-refractivity contribution in [3.8, 4) is 0 Å². The summed E-state index contributed by atoms with van der Waals surface area (Å²) in [6.07, 6.45) is -0.404. The molecule has 1 N–H and O–H groups in total. The van der Waals surface area contributed by atoms with Crippen LogP contribution in [-0.2, 0) is 14.3 Å². The zero-order chi connectivity index (χ0) is 17.7. The van der Waals surface area contributed by atoms with Gasteiger partial charge in [-0.05, 0) is 43.0 Å². The Morgan fingerprint density at radius 1 is 1.29 bits per heavy atom. The molecule has 1 aliphatic heterocycles. The Balaban J connectivity index is 1.98. The fraction of sp³-hybridized carbons (Fsp3) is 0.333. The third kappa shape index (κ3) is 4.25. The largest absolute Gasteiger partial charge is 0.550 e. The van der Waals surface area contributed by atoms with Gasteiger partial charge in [0, 0.05) is 24.6 Å². The summed E-state index contributed by atoms with van der Waals surface area (Å²) in [6, 6.07) is 6.27. The average molecular weight is 351 g/mol. The van der Waals surface area contributed by atoms with Crippen LogP contribution in [0.2, 0.25) is 0 Å². The number of carboxylic acid groups (broad SMARTS) is 1. The molecule has 0 spiro atoms. The molecule has 24 heavy (non-hydrogen) atoms. The fourth-order valence-electron chi connectivity index (χ4n) is 2.01. The van der Waals surface area contributed by atoms with Gasteiger partial charge in [0.2, 0.25) is 0 Å². The van der Waals surface area contributed by atoms with Crippen LogP contribution in [0, 0.1) is 0 Å². The SMILES string of the molecule is CCOC(=O)c1ccc(N[C@H]2SC(=O)N(CCC(=O)[O-])C2=O)cc1. The zero-order valence-electron chi connectivity index (χ0n) is 12.8. The molecule has 0 aliphatic carbocycles. The Hall–Kier alpha value is -2.55. The summed E-state index contributed by atoms with van der Waals surface area (Å²) in [5.74, 6) is -2.29. The van der Waals surface area contributed by atoms with Gasteiger partial charge in [0.05, 0.1) is 12.2 Å². The fourth-order valence-corrected chi connectivity index (χ4v) is 2.94. The monoisotopic (exact) mass is 351 g/mol. The highest BCUT2D eigenvalue weighted by Gasteiger charge is 2.39. The lowest BCUT2D eigenvalue weighted by Crippen LogP contribution is -2.37. The van der Waals surface area contributed by atoms with Gasteiger partial charge in [-0.1, -0.05) is 0 Å². The van der Waals surface area contributed by atoms with E-state index in [-0.39, 0.29) is 13.2 Å². The molecule has 0 radical (unpaired) electrons. The number of carboxylic acids is 1. The van der Waals surface area contributed by atoms with Crippen LogP contribution < -0.4 is 10.4 Å². The average Bonchev–Trinajstić information content (AvgIpc) is 2.80. The van der Waals surface area contributed by atoms with Gasteiger partial charge < -0.3 is 20.0 Å². The first-order chi connectivity index (χ1) is 11.4. The number of amides is 2. The van der Waals surface area contributed by atoms with Crippen LogP contribution in [0.25, 0.3) is 0 Å². The van der Waals surface area contributed by atoms with E-state index in [9.17, 15) is 24.3 Å². The smallest absolute Gasteiger partial charge is 0.338 e. The Kier molecular flexibility index (Phi) is 5.80. The highest BCUT2D eigenvalue weighted by atomic mass is 32.2. The molecule has 1 fully saturated rings. The van der Waals surface area contributed by atoms with E-state index in [1.54, 1.807) is 31.2 Å². The molecule has 0 bridgehead atoms. The van der Waals surface area contributed by atoms with Crippen LogP contribution in [-0.4, -0.2) is 46.5 Å². The van der Waals surface area contributed by atoms with E-state index < -0.39 is 34.9 Å². The number of hydrogen-bond acceptors (Lipinski definition) is 8. The molecule has 2 rings (SSSR count). The number of ether oxygens (including phenoxy) is 1. The normalized spacial score (nSPS) is 17.0. The lowest BCUT2D eigenvalue weighted by Gasteiger charge is -2.15. The van der Waals surface area contributed by atoms with Crippen LogP contribution in [0.3, 0.4) is 0 Å². The quantitative estimate of drug-likeness (QED) is 0.703. The number of rotatable bonds is 7. The van der Waals surface area contributed by atoms with E-state index in [0.29, 0.717) is 11.3 Å². The first kappa shape index (κ1) is 17.8. The molecular weight excluding hydrogens is 336 g/mol. The lowest BCUT2D eigenvalue weighted by atomic mass is 10.2. The second-order valence-electron chi connectivity index (χ2n) is 4.82. The summed E-state index contributed by atoms with van der Waals surface area (Å²) in [6.45, 7) is 1.77. The van der Waals surface area contributed by atoms with Gasteiger partial charge in [-0.25, -0.2) is 4.79 Å². The minimum absolute atomic E-state index is 0.215. The Bertz CT molecular complexity index is 660. The highest BCUT2D eigenvalue weighted by molar-refractivity contribution is 8.15. The summed E-state index contributed by atoms with van der Waals surface area (Å²) in [4.78, 5) is 46.8. The van der Waals surface area contributed by atoms with Crippen molar-refractivity contribution >= 4 is 40.5 Å². The Labute approximate surface area is 142 Å². The van der Waals surface area contributed by atoms with Crippen LogP contribution in [0.5, 0.6) is 0 Å². The number of thioether (sulfide) groups is 1. The van der Waals surface area contributed by atoms with Crippen molar-refractivity contribution in [3.05, 3.63) is 29.8 Å². The van der Waals surface area contributed by atoms with Crippen LogP contribution in [0.4, 0.5) is 10.5 Å². The number of aliphatic carboxylic acids is 1. The third-order valence-corrected chi connectivity index (χ3v) is 4.14. The topological polar surface area (TPSA) is 116 Å². The van der Waals surface area contributed by atoms with Crippen molar-refractivity contribution in [2.24, 2.45) is 0 Å². The molecule has 1 aromatic rings. The second kappa shape index (κ2) is 7.82. The minimum Gasteiger partial charge on any atom is -0.550 e. The summed E-state index contributed by atoms with van der Waals surface area (Å²) in [7, 11) is 0. The van der Waals surface area contributed by atoms with Crippen molar-refractivity contribution in [1.82, 2.24) is 4.90 Å². The standard InChI is InChI=1S/C15H16N2O6S/c1-2-23-14(21)9-3-5-10(6-4-9)16-12-13(20)17(15(22)24-12)8-7-11(18)19/h3-6,12,16H,2,7-8H2,1H3,(H,18,19)/p-1/t12-/m0/s1. The molecule has 9 heteroatoms. The van der Waals surface area contributed by atoms with Gasteiger partial charge in [0.25, 0.3) is 11.1 Å². The third-order valence-electron chi connectivity index (χ3n) is 3.16. The Morgan fingerprint density at radius 3 is 2.54 bits per heavy atom. The van der Waals surface area contributed by atoms with Gasteiger partial charge in [-0.15, -0.1) is 0 Å². The minimum atomic E-state index is -1.33. The molecule has 0 aromatic heterocycles. The van der Waals surface area contributed by atoms with E-state index in [0.717, 1.165) is 16.7 Å². The maximum absolute atomic E-state index is 12.1. The van der Waals surface area contributed by atoms with Gasteiger partial charge in [0.15, 0.2) is 5.37 Å². The number of imide groups is 1. The Morgan fingerprint density at radius 2 is 1.96 bits per heavy atom. The van der Waals surface area contributed by atoms with Crippen LogP contribution in [0.15, 0.2) is 24.3 Å². The molecule has 1 saturated heterocycles. The van der Waals surface area contributed by atoms with E-state index in [2.05, 4.69) is 5.32 Å². The number of nitrogens with one attached hydrogen (secondary N) is 1. The van der Waals surface area contributed by atoms with Crippen molar-refractivity contribution in [3.63, 3.8) is 0 Å². The molecule has 0 unspecified atom stereocenters. The number of carbonyl (C=O) groups excluding carboxylic acids is 4. The molecule has 128 valence electrons. The van der Waals surface area contributed by atoms with Crippen molar-refractivity contribution in [1.29, 1.82) is 0 Å². The maximum atomic E-state index is 12.1. The number of benzene rings is 1. The summed E-state index contributed by atoms with van der Waals surface area (Å²) >= 11 is 0.768. The predicted molar refractivity (Wildman–Crippen MR) is 84.1 cm³/mol. The molecule has 1 atom stereocenters. The van der Waals surface area contributed by atoms with Crippen molar-refractivity contribution in [2.75, 3.05) is 18.5 Å². The molecule has 1 heterocycles. The summed E-state index contributed by atoms with van der Waals surface area (Å²) < 4.78 is 4.87. The number of hydrogen-bond donors (Lipinski definition) is 1. The molecule has 1 aliphatic rings. The van der Waals surface area contributed by atoms with E-state index in [4.69, 9.17) is 4.74 Å². The van der Waals surface area contributed by atoms with Gasteiger partial charge in [0.1, 0.15) is 0 Å². The summed E-state index contributed by atoms with van der Waals surface area (Å²) in [5, 5.41) is 12.0. The number of nitrogens with zero attached hydrogens (tertiary/aromatic N) is 1. The zero-order valence-corrected chi connectivity index (χ0v) is 13.6. The van der Waals surface area contributed by atoms with E-state index in [1.165, 1.54) is 0 Å². The van der Waals surface area contributed by atoms with Gasteiger partial charge >= 0.3 is 5.97 Å². The highest BCUT2D eigenvalue weighted by Crippen LogP contribution is 2.28. The number of esters is 1. The predicted octanol–water partition coefficient (Wildman–Crippen LogP) is 0.437. The number of anilines is 1.